The van der Waals surface area contributed by atoms with Gasteiger partial charge in [-0.3, -0.25) is 14.2 Å². The molecule has 1 saturated heterocycles. The quantitative estimate of drug-likeness (QED) is 0.317. The zero-order valence-electron chi connectivity index (χ0n) is 24.0. The van der Waals surface area contributed by atoms with Gasteiger partial charge in [0.2, 0.25) is 0 Å². The van der Waals surface area contributed by atoms with E-state index in [9.17, 15) is 9.59 Å². The van der Waals surface area contributed by atoms with Gasteiger partial charge in [-0.05, 0) is 70.9 Å². The van der Waals surface area contributed by atoms with Gasteiger partial charge in [-0.25, -0.2) is 14.5 Å². The Hall–Kier alpha value is -4.81. The van der Waals surface area contributed by atoms with Gasteiger partial charge >= 0.3 is 0 Å². The van der Waals surface area contributed by atoms with Crippen LogP contribution in [0.4, 0.5) is 0 Å². The third-order valence-corrected chi connectivity index (χ3v) is 7.58. The molecule has 0 spiro atoms. The van der Waals surface area contributed by atoms with Crippen LogP contribution in [-0.4, -0.2) is 42.3 Å². The molecule has 0 bridgehead atoms. The highest BCUT2D eigenvalue weighted by atomic mass is 16.5. The fourth-order valence-electron chi connectivity index (χ4n) is 5.77. The highest BCUT2D eigenvalue weighted by Gasteiger charge is 2.25. The number of nitrogens with one attached hydrogen (secondary N) is 1. The minimum atomic E-state index is -0.618. The Labute approximate surface area is 243 Å². The van der Waals surface area contributed by atoms with Crippen molar-refractivity contribution in [2.45, 2.75) is 58.8 Å². The van der Waals surface area contributed by atoms with Crippen LogP contribution < -0.4 is 10.9 Å². The smallest absolute Gasteiger partial charge is 0.267 e. The Morgan fingerprint density at radius 1 is 1.07 bits per heavy atom. The maximum atomic E-state index is 14.3. The Morgan fingerprint density at radius 3 is 2.60 bits per heavy atom. The monoisotopic (exact) mass is 560 g/mol. The Kier molecular flexibility index (Phi) is 7.31. The van der Waals surface area contributed by atoms with E-state index in [2.05, 4.69) is 41.1 Å². The van der Waals surface area contributed by atoms with E-state index in [-0.39, 0.29) is 29.6 Å². The highest BCUT2D eigenvalue weighted by Crippen LogP contribution is 2.25. The van der Waals surface area contributed by atoms with Gasteiger partial charge in [-0.1, -0.05) is 36.1 Å². The minimum absolute atomic E-state index is 0.150. The summed E-state index contributed by atoms with van der Waals surface area (Å²) in [7, 11) is 0. The van der Waals surface area contributed by atoms with Crippen LogP contribution in [0.15, 0.2) is 71.8 Å². The molecule has 1 aliphatic rings. The Bertz CT molecular complexity index is 1910. The number of aromatic nitrogens is 5. The molecule has 212 valence electrons. The fraction of sp³-hybridized carbons (Fsp3) is 0.303. The average molecular weight is 561 g/mol. The molecule has 1 N–H and O–H groups in total. The van der Waals surface area contributed by atoms with Crippen LogP contribution in [0.2, 0.25) is 0 Å². The normalized spacial score (nSPS) is 19.3. The number of hydrogen-bond donors (Lipinski definition) is 1. The lowest BCUT2D eigenvalue weighted by Gasteiger charge is -2.29. The number of amides is 1. The molecule has 1 aliphatic heterocycles. The zero-order valence-corrected chi connectivity index (χ0v) is 24.0. The number of hydrogen-bond acceptors (Lipinski definition) is 6. The summed E-state index contributed by atoms with van der Waals surface area (Å²) in [5.74, 6) is 6.95. The third-order valence-electron chi connectivity index (χ3n) is 7.58. The number of rotatable bonds is 4. The van der Waals surface area contributed by atoms with Crippen LogP contribution in [0.3, 0.4) is 0 Å². The number of fused-ring (bicyclic) bond motifs is 2. The first-order valence-corrected chi connectivity index (χ1v) is 14.2. The van der Waals surface area contributed by atoms with Crippen molar-refractivity contribution in [1.29, 1.82) is 0 Å². The molecule has 4 heterocycles. The van der Waals surface area contributed by atoms with Gasteiger partial charge in [0.15, 0.2) is 5.65 Å². The molecule has 2 unspecified atom stereocenters. The summed E-state index contributed by atoms with van der Waals surface area (Å²) >= 11 is 0. The van der Waals surface area contributed by atoms with Crippen molar-refractivity contribution in [2.24, 2.45) is 5.92 Å². The standard InChI is InChI=1S/C33H32N6O3/c1-20-18-24(19-21(2)42-20)14-15-25-10-8-13-27-29(25)33(41)39(26-11-6-5-7-12-26)30(36-27)23(4)35-32(40)28-22(3)37-38-17-9-16-34-31(28)38/h5-13,16-17,20-21,23-24H,18-19H2,1-4H3,(H,35,40)/t20?,21?,23-,24?/m0/s1. The van der Waals surface area contributed by atoms with Crippen LogP contribution in [-0.2, 0) is 4.74 Å². The molecule has 1 amide bonds. The van der Waals surface area contributed by atoms with E-state index in [0.29, 0.717) is 44.9 Å². The van der Waals surface area contributed by atoms with Crippen molar-refractivity contribution in [3.05, 3.63) is 100.0 Å². The molecule has 0 radical (unpaired) electrons. The summed E-state index contributed by atoms with van der Waals surface area (Å²) in [6.45, 7) is 7.72. The van der Waals surface area contributed by atoms with Crippen molar-refractivity contribution < 1.29 is 9.53 Å². The molecular weight excluding hydrogens is 528 g/mol. The maximum absolute atomic E-state index is 14.3. The van der Waals surface area contributed by atoms with Gasteiger partial charge in [0.25, 0.3) is 11.5 Å². The van der Waals surface area contributed by atoms with Crippen molar-refractivity contribution in [3.8, 4) is 17.5 Å². The minimum Gasteiger partial charge on any atom is -0.375 e. The number of nitrogens with zero attached hydrogens (tertiary/aromatic N) is 5. The second-order valence-corrected chi connectivity index (χ2v) is 10.9. The largest absolute Gasteiger partial charge is 0.375 e. The highest BCUT2D eigenvalue weighted by molar-refractivity contribution is 6.01. The molecule has 9 nitrogen and oxygen atoms in total. The predicted molar refractivity (Wildman–Crippen MR) is 161 cm³/mol. The molecule has 0 saturated carbocycles. The summed E-state index contributed by atoms with van der Waals surface area (Å²) in [5, 5.41) is 7.89. The lowest BCUT2D eigenvalue weighted by molar-refractivity contribution is -0.0419. The van der Waals surface area contributed by atoms with Gasteiger partial charge < -0.3 is 10.1 Å². The SMILES string of the molecule is Cc1nn2cccnc2c1C(=O)N[C@@H](C)c1nc2cccc(C#CC3CC(C)OC(C)C3)c2c(=O)n1-c1ccccc1. The molecule has 0 aliphatic carbocycles. The molecular formula is C33H32N6O3. The van der Waals surface area contributed by atoms with Gasteiger partial charge in [-0.15, -0.1) is 0 Å². The van der Waals surface area contributed by atoms with Crippen LogP contribution in [0.1, 0.15) is 67.1 Å². The molecule has 42 heavy (non-hydrogen) atoms. The van der Waals surface area contributed by atoms with Crippen LogP contribution in [0.25, 0.3) is 22.2 Å². The molecule has 3 atom stereocenters. The molecule has 2 aromatic carbocycles. The molecule has 5 aromatic rings. The number of carbonyl (C=O) groups is 1. The third kappa shape index (κ3) is 5.17. The average Bonchev–Trinajstić information content (AvgIpc) is 3.31. The van der Waals surface area contributed by atoms with Gasteiger partial charge in [0, 0.05) is 23.9 Å². The summed E-state index contributed by atoms with van der Waals surface area (Å²) in [6.07, 6.45) is 5.39. The fourth-order valence-corrected chi connectivity index (χ4v) is 5.77. The zero-order chi connectivity index (χ0) is 29.4. The number of aryl methyl sites for hydroxylation is 1. The first-order chi connectivity index (χ1) is 20.3. The molecule has 9 heteroatoms. The van der Waals surface area contributed by atoms with Gasteiger partial charge in [0.1, 0.15) is 11.4 Å². The second-order valence-electron chi connectivity index (χ2n) is 10.9. The van der Waals surface area contributed by atoms with Crippen molar-refractivity contribution in [3.63, 3.8) is 0 Å². The summed E-state index contributed by atoms with van der Waals surface area (Å²) in [5.41, 5.74) is 2.97. The number of ether oxygens (including phenoxy) is 1. The van der Waals surface area contributed by atoms with Crippen molar-refractivity contribution >= 4 is 22.5 Å². The van der Waals surface area contributed by atoms with Crippen molar-refractivity contribution in [2.75, 3.05) is 0 Å². The first-order valence-electron chi connectivity index (χ1n) is 14.2. The lowest BCUT2D eigenvalue weighted by atomic mass is 9.93. The van der Waals surface area contributed by atoms with E-state index in [1.165, 1.54) is 0 Å². The summed E-state index contributed by atoms with van der Waals surface area (Å²) < 4.78 is 9.01. The summed E-state index contributed by atoms with van der Waals surface area (Å²) in [4.78, 5) is 37.1. The molecule has 1 fully saturated rings. The molecule has 6 rings (SSSR count). The van der Waals surface area contributed by atoms with E-state index in [0.717, 1.165) is 12.8 Å². The number of para-hydroxylation sites is 1. The van der Waals surface area contributed by atoms with Gasteiger partial charge in [0.05, 0.1) is 40.5 Å². The topological polar surface area (TPSA) is 103 Å². The van der Waals surface area contributed by atoms with E-state index < -0.39 is 6.04 Å². The summed E-state index contributed by atoms with van der Waals surface area (Å²) in [6, 6.07) is 16.0. The maximum Gasteiger partial charge on any atom is 0.267 e. The predicted octanol–water partition coefficient (Wildman–Crippen LogP) is 4.78. The van der Waals surface area contributed by atoms with E-state index >= 15 is 0 Å². The Morgan fingerprint density at radius 2 is 1.83 bits per heavy atom. The number of carbonyl (C=O) groups excluding carboxylic acids is 1. The van der Waals surface area contributed by atoms with E-state index in [1.807, 2.05) is 55.5 Å². The van der Waals surface area contributed by atoms with Crippen LogP contribution >= 0.6 is 0 Å². The second kappa shape index (κ2) is 11.2. The van der Waals surface area contributed by atoms with E-state index in [1.54, 1.807) is 34.5 Å². The van der Waals surface area contributed by atoms with Gasteiger partial charge in [-0.2, -0.15) is 5.10 Å². The number of benzene rings is 2. The van der Waals surface area contributed by atoms with E-state index in [4.69, 9.17) is 9.72 Å². The van der Waals surface area contributed by atoms with Crippen LogP contribution in [0, 0.1) is 24.7 Å². The van der Waals surface area contributed by atoms with Crippen LogP contribution in [0.5, 0.6) is 0 Å². The molecule has 3 aromatic heterocycles. The Balaban J connectivity index is 1.43. The lowest BCUT2D eigenvalue weighted by Crippen LogP contribution is -2.33. The first kappa shape index (κ1) is 27.4. The van der Waals surface area contributed by atoms with Crippen molar-refractivity contribution in [1.82, 2.24) is 29.5 Å².